The maximum atomic E-state index is 5.35. The van der Waals surface area contributed by atoms with Crippen molar-refractivity contribution < 1.29 is 0 Å². The number of hydrogen-bond donors (Lipinski definition) is 1. The molecular weight excluding hydrogens is 162 g/mol. The third-order valence-electron chi connectivity index (χ3n) is 1.67. The van der Waals surface area contributed by atoms with Crippen LogP contribution in [0.4, 0.5) is 5.82 Å². The molecule has 1 aromatic rings. The quantitative estimate of drug-likeness (QED) is 0.708. The molecule has 1 atom stereocenters. The van der Waals surface area contributed by atoms with E-state index >= 15 is 0 Å². The Balaban J connectivity index is 2.53. The molecule has 3 heteroatoms. The molecule has 1 N–H and O–H groups in total. The number of terminal acetylenes is 1. The predicted octanol–water partition coefficient (Wildman–Crippen LogP) is 1.69. The second kappa shape index (κ2) is 5.15. The highest BCUT2D eigenvalue weighted by Crippen LogP contribution is 2.04. The minimum atomic E-state index is 0.0571. The van der Waals surface area contributed by atoms with Gasteiger partial charge >= 0.3 is 0 Å². The Labute approximate surface area is 78.6 Å². The average molecular weight is 175 g/mol. The van der Waals surface area contributed by atoms with Gasteiger partial charge in [0.2, 0.25) is 0 Å². The number of aromatic nitrogens is 2. The van der Waals surface area contributed by atoms with E-state index in [2.05, 4.69) is 28.4 Å². The van der Waals surface area contributed by atoms with Gasteiger partial charge in [0.15, 0.2) is 0 Å². The van der Waals surface area contributed by atoms with E-state index in [4.69, 9.17) is 6.42 Å². The zero-order valence-electron chi connectivity index (χ0n) is 7.70. The van der Waals surface area contributed by atoms with Gasteiger partial charge in [0.1, 0.15) is 5.82 Å². The Morgan fingerprint density at radius 3 is 3.08 bits per heavy atom. The summed E-state index contributed by atoms with van der Waals surface area (Å²) in [4.78, 5) is 0. The molecule has 1 unspecified atom stereocenters. The van der Waals surface area contributed by atoms with Gasteiger partial charge in [-0.15, -0.1) is 11.5 Å². The Hall–Kier alpha value is -1.56. The van der Waals surface area contributed by atoms with Crippen molar-refractivity contribution in [3.63, 3.8) is 0 Å². The maximum absolute atomic E-state index is 5.35. The summed E-state index contributed by atoms with van der Waals surface area (Å²) < 4.78 is 0. The topological polar surface area (TPSA) is 37.8 Å². The summed E-state index contributed by atoms with van der Waals surface area (Å²) in [6, 6.07) is 3.74. The highest BCUT2D eigenvalue weighted by molar-refractivity contribution is 5.35. The first-order chi connectivity index (χ1) is 6.36. The third kappa shape index (κ3) is 3.12. The molecule has 1 heterocycles. The Bertz CT molecular complexity index is 276. The van der Waals surface area contributed by atoms with Crippen LogP contribution in [0.1, 0.15) is 19.8 Å². The molecule has 3 nitrogen and oxygen atoms in total. The van der Waals surface area contributed by atoms with Gasteiger partial charge < -0.3 is 5.32 Å². The van der Waals surface area contributed by atoms with Crippen LogP contribution < -0.4 is 5.32 Å². The van der Waals surface area contributed by atoms with Gasteiger partial charge in [-0.25, -0.2) is 0 Å². The lowest BCUT2D eigenvalue weighted by Gasteiger charge is -2.11. The number of nitrogens with one attached hydrogen (secondary N) is 1. The second-order valence-corrected chi connectivity index (χ2v) is 2.76. The molecule has 13 heavy (non-hydrogen) atoms. The molecule has 0 radical (unpaired) electrons. The minimum Gasteiger partial charge on any atom is -0.355 e. The fraction of sp³-hybridized carbons (Fsp3) is 0.400. The van der Waals surface area contributed by atoms with Crippen molar-refractivity contribution in [1.29, 1.82) is 0 Å². The van der Waals surface area contributed by atoms with Crippen LogP contribution in [0.25, 0.3) is 0 Å². The normalized spacial score (nSPS) is 11.7. The minimum absolute atomic E-state index is 0.0571. The first-order valence-corrected chi connectivity index (χ1v) is 4.37. The Morgan fingerprint density at radius 2 is 2.54 bits per heavy atom. The fourth-order valence-electron chi connectivity index (χ4n) is 1.04. The summed E-state index contributed by atoms with van der Waals surface area (Å²) in [7, 11) is 0. The average Bonchev–Trinajstić information content (AvgIpc) is 2.19. The first kappa shape index (κ1) is 9.53. The van der Waals surface area contributed by atoms with Crippen molar-refractivity contribution in [2.75, 3.05) is 5.32 Å². The van der Waals surface area contributed by atoms with Crippen LogP contribution >= 0.6 is 0 Å². The van der Waals surface area contributed by atoms with E-state index < -0.39 is 0 Å². The zero-order chi connectivity index (χ0) is 9.52. The van der Waals surface area contributed by atoms with Crippen LogP contribution in [-0.4, -0.2) is 16.2 Å². The molecule has 0 aliphatic heterocycles. The lowest BCUT2D eigenvalue weighted by Crippen LogP contribution is -2.17. The molecule has 0 saturated carbocycles. The summed E-state index contributed by atoms with van der Waals surface area (Å²) in [5.41, 5.74) is 0. The Kier molecular flexibility index (Phi) is 3.77. The van der Waals surface area contributed by atoms with Gasteiger partial charge in [-0.2, -0.15) is 5.10 Å². The third-order valence-corrected chi connectivity index (χ3v) is 1.67. The van der Waals surface area contributed by atoms with Gasteiger partial charge in [0, 0.05) is 6.20 Å². The number of hydrogen-bond acceptors (Lipinski definition) is 3. The number of nitrogens with zero attached hydrogens (tertiary/aromatic N) is 2. The molecule has 0 aliphatic rings. The van der Waals surface area contributed by atoms with Crippen molar-refractivity contribution in [3.05, 3.63) is 18.3 Å². The van der Waals surface area contributed by atoms with Gasteiger partial charge in [-0.1, -0.05) is 19.3 Å². The molecule has 0 saturated heterocycles. The van der Waals surface area contributed by atoms with E-state index in [-0.39, 0.29) is 6.04 Å². The summed E-state index contributed by atoms with van der Waals surface area (Å²) >= 11 is 0. The molecule has 68 valence electrons. The van der Waals surface area contributed by atoms with E-state index in [1.807, 2.05) is 12.1 Å². The number of rotatable bonds is 4. The molecule has 1 rings (SSSR count). The smallest absolute Gasteiger partial charge is 0.149 e. The van der Waals surface area contributed by atoms with Crippen LogP contribution in [0.3, 0.4) is 0 Å². The van der Waals surface area contributed by atoms with Crippen LogP contribution in [-0.2, 0) is 0 Å². The highest BCUT2D eigenvalue weighted by atomic mass is 15.2. The summed E-state index contributed by atoms with van der Waals surface area (Å²) in [6.07, 6.45) is 8.99. The molecular formula is C10H13N3. The lowest BCUT2D eigenvalue weighted by molar-refractivity contribution is 0.749. The molecule has 0 amide bonds. The standard InChI is InChI=1S/C10H13N3/c1-3-6-9(4-2)12-10-7-5-8-11-13-10/h2,5,7-9H,3,6H2,1H3,(H,12,13). The van der Waals surface area contributed by atoms with Gasteiger partial charge in [-0.05, 0) is 18.6 Å². The van der Waals surface area contributed by atoms with Crippen LogP contribution in [0, 0.1) is 12.3 Å². The lowest BCUT2D eigenvalue weighted by atomic mass is 10.2. The summed E-state index contributed by atoms with van der Waals surface area (Å²) in [5, 5.41) is 10.8. The van der Waals surface area contributed by atoms with Gasteiger partial charge in [0.25, 0.3) is 0 Å². The van der Waals surface area contributed by atoms with E-state index in [1.165, 1.54) is 0 Å². The highest BCUT2D eigenvalue weighted by Gasteiger charge is 2.02. The van der Waals surface area contributed by atoms with Gasteiger partial charge in [-0.3, -0.25) is 0 Å². The summed E-state index contributed by atoms with van der Waals surface area (Å²) in [5.74, 6) is 3.41. The van der Waals surface area contributed by atoms with E-state index in [0.717, 1.165) is 18.7 Å². The molecule has 0 aliphatic carbocycles. The van der Waals surface area contributed by atoms with Crippen molar-refractivity contribution in [3.8, 4) is 12.3 Å². The van der Waals surface area contributed by atoms with E-state index in [0.29, 0.717) is 0 Å². The van der Waals surface area contributed by atoms with Crippen molar-refractivity contribution >= 4 is 5.82 Å². The molecule has 0 aromatic carbocycles. The van der Waals surface area contributed by atoms with Crippen molar-refractivity contribution in [1.82, 2.24) is 10.2 Å². The largest absolute Gasteiger partial charge is 0.355 e. The monoisotopic (exact) mass is 175 g/mol. The van der Waals surface area contributed by atoms with Crippen LogP contribution in [0.2, 0.25) is 0 Å². The zero-order valence-corrected chi connectivity index (χ0v) is 7.70. The van der Waals surface area contributed by atoms with Crippen LogP contribution in [0.15, 0.2) is 18.3 Å². The molecule has 0 fully saturated rings. The van der Waals surface area contributed by atoms with Crippen molar-refractivity contribution in [2.45, 2.75) is 25.8 Å². The van der Waals surface area contributed by atoms with Crippen molar-refractivity contribution in [2.24, 2.45) is 0 Å². The molecule has 1 aromatic heterocycles. The first-order valence-electron chi connectivity index (χ1n) is 4.37. The van der Waals surface area contributed by atoms with Gasteiger partial charge in [0.05, 0.1) is 6.04 Å². The molecule has 0 bridgehead atoms. The van der Waals surface area contributed by atoms with E-state index in [1.54, 1.807) is 6.20 Å². The molecule has 0 spiro atoms. The predicted molar refractivity (Wildman–Crippen MR) is 53.2 cm³/mol. The maximum Gasteiger partial charge on any atom is 0.149 e. The van der Waals surface area contributed by atoms with E-state index in [9.17, 15) is 0 Å². The second-order valence-electron chi connectivity index (χ2n) is 2.76. The Morgan fingerprint density at radius 1 is 1.69 bits per heavy atom. The fourth-order valence-corrected chi connectivity index (χ4v) is 1.04. The number of anilines is 1. The SMILES string of the molecule is C#CC(CCC)Nc1cccnn1. The summed E-state index contributed by atoms with van der Waals surface area (Å²) in [6.45, 7) is 2.10. The van der Waals surface area contributed by atoms with Crippen LogP contribution in [0.5, 0.6) is 0 Å².